The molecule has 174 valence electrons. The lowest BCUT2D eigenvalue weighted by Gasteiger charge is -2.24. The van der Waals surface area contributed by atoms with Crippen LogP contribution >= 0.6 is 23.2 Å². The molecule has 0 fully saturated rings. The Morgan fingerprint density at radius 2 is 1.76 bits per heavy atom. The quantitative estimate of drug-likeness (QED) is 0.144. The van der Waals surface area contributed by atoms with Crippen LogP contribution in [0.4, 0.5) is 11.6 Å². The molecule has 1 heterocycles. The molecule has 6 N–H and O–H groups in total. The summed E-state index contributed by atoms with van der Waals surface area (Å²) in [7, 11) is 1.96. The molecule has 1 amide bonds. The number of nitrogens with one attached hydrogen (secondary N) is 2. The fourth-order valence-electron chi connectivity index (χ4n) is 3.58. The summed E-state index contributed by atoms with van der Waals surface area (Å²) in [5.41, 5.74) is 6.21. The standard InChI is InChI=1S/C23H22Cl2N8O/c1-32-20-5-3-2-4-19(20)28-23(32)33(18-11-16(24)10-17(25)12-18)13-14-6-8-15(9-7-14)21(34)29-22(30-26)31-27/h2-12H,13,26-27H2,1H3,(H2,29,30,31,34). The van der Waals surface area contributed by atoms with Gasteiger partial charge in [0.1, 0.15) is 0 Å². The zero-order valence-electron chi connectivity index (χ0n) is 18.2. The Labute approximate surface area is 205 Å². The normalized spacial score (nSPS) is 11.5. The maximum absolute atomic E-state index is 12.4. The van der Waals surface area contributed by atoms with E-state index in [4.69, 9.17) is 39.9 Å². The van der Waals surface area contributed by atoms with Crippen molar-refractivity contribution in [1.82, 2.24) is 20.3 Å². The molecule has 0 aliphatic rings. The molecular weight excluding hydrogens is 475 g/mol. The van der Waals surface area contributed by atoms with Crippen LogP contribution in [0.5, 0.6) is 0 Å². The largest absolute Gasteiger partial charge is 0.320 e. The van der Waals surface area contributed by atoms with Crippen molar-refractivity contribution in [1.29, 1.82) is 0 Å². The van der Waals surface area contributed by atoms with Crippen molar-refractivity contribution in [3.63, 3.8) is 0 Å². The fraction of sp³-hybridized carbons (Fsp3) is 0.0870. The molecule has 3 aromatic carbocycles. The first-order valence-corrected chi connectivity index (χ1v) is 10.9. The van der Waals surface area contributed by atoms with Crippen molar-refractivity contribution in [2.24, 2.45) is 23.8 Å². The maximum Gasteiger partial charge on any atom is 0.258 e. The van der Waals surface area contributed by atoms with Gasteiger partial charge in [0.05, 0.1) is 17.6 Å². The van der Waals surface area contributed by atoms with Gasteiger partial charge in [0.15, 0.2) is 0 Å². The van der Waals surface area contributed by atoms with E-state index < -0.39 is 5.91 Å². The molecular formula is C23H22Cl2N8O. The van der Waals surface area contributed by atoms with Crippen LogP contribution in [-0.4, -0.2) is 21.4 Å². The smallest absolute Gasteiger partial charge is 0.258 e. The fourth-order valence-corrected chi connectivity index (χ4v) is 4.09. The molecule has 9 nitrogen and oxygen atoms in total. The lowest BCUT2D eigenvalue weighted by molar-refractivity contribution is 0.0975. The van der Waals surface area contributed by atoms with Crippen molar-refractivity contribution < 1.29 is 4.79 Å². The van der Waals surface area contributed by atoms with E-state index in [1.165, 1.54) is 0 Å². The number of benzene rings is 3. The first-order valence-electron chi connectivity index (χ1n) is 10.2. The second-order valence-corrected chi connectivity index (χ2v) is 8.32. The van der Waals surface area contributed by atoms with Crippen LogP contribution in [0.2, 0.25) is 10.0 Å². The van der Waals surface area contributed by atoms with Crippen LogP contribution in [0.1, 0.15) is 15.9 Å². The molecule has 0 atom stereocenters. The Kier molecular flexibility index (Phi) is 6.87. The zero-order valence-corrected chi connectivity index (χ0v) is 19.7. The third-order valence-electron chi connectivity index (χ3n) is 5.22. The molecule has 1 aromatic heterocycles. The lowest BCUT2D eigenvalue weighted by atomic mass is 10.1. The van der Waals surface area contributed by atoms with Gasteiger partial charge in [0.25, 0.3) is 5.91 Å². The molecule has 0 aliphatic carbocycles. The van der Waals surface area contributed by atoms with Gasteiger partial charge in [-0.15, -0.1) is 5.10 Å². The molecule has 4 aromatic rings. The number of aryl methyl sites for hydroxylation is 1. The highest BCUT2D eigenvalue weighted by atomic mass is 35.5. The SMILES string of the molecule is Cn1c(N(Cc2ccc(C(=O)N/C(=N/N)NN)cc2)c2cc(Cl)cc(Cl)c2)nc2ccccc21. The summed E-state index contributed by atoms with van der Waals surface area (Å²) >= 11 is 12.6. The van der Waals surface area contributed by atoms with Gasteiger partial charge in [-0.1, -0.05) is 47.5 Å². The highest BCUT2D eigenvalue weighted by molar-refractivity contribution is 6.35. The monoisotopic (exact) mass is 496 g/mol. The average molecular weight is 497 g/mol. The molecule has 0 saturated carbocycles. The number of hydrazine groups is 1. The third-order valence-corrected chi connectivity index (χ3v) is 5.65. The van der Waals surface area contributed by atoms with E-state index in [-0.39, 0.29) is 5.96 Å². The number of carbonyl (C=O) groups is 1. The number of hydrogen-bond acceptors (Lipinski definition) is 6. The predicted molar refractivity (Wildman–Crippen MR) is 136 cm³/mol. The molecule has 11 heteroatoms. The summed E-state index contributed by atoms with van der Waals surface area (Å²) in [4.78, 5) is 19.2. The number of amides is 1. The van der Waals surface area contributed by atoms with E-state index in [2.05, 4.69) is 15.8 Å². The molecule has 0 saturated heterocycles. The number of carbonyl (C=O) groups excluding carboxylic acids is 1. The van der Waals surface area contributed by atoms with E-state index in [1.54, 1.807) is 18.2 Å². The summed E-state index contributed by atoms with van der Waals surface area (Å²) in [5.74, 6) is 10.7. The first-order chi connectivity index (χ1) is 16.4. The number of halogens is 2. The predicted octanol–water partition coefficient (Wildman–Crippen LogP) is 3.64. The number of fused-ring (bicyclic) bond motifs is 1. The van der Waals surface area contributed by atoms with Gasteiger partial charge in [-0.05, 0) is 48.0 Å². The van der Waals surface area contributed by atoms with Crippen LogP contribution in [0, 0.1) is 0 Å². The minimum Gasteiger partial charge on any atom is -0.320 e. The number of para-hydroxylation sites is 2. The number of guanidine groups is 1. The first kappa shape index (κ1) is 23.4. The van der Waals surface area contributed by atoms with Crippen LogP contribution in [0.15, 0.2) is 71.8 Å². The Morgan fingerprint density at radius 1 is 1.09 bits per heavy atom. The van der Waals surface area contributed by atoms with Crippen LogP contribution in [0.25, 0.3) is 11.0 Å². The maximum atomic E-state index is 12.4. The van der Waals surface area contributed by atoms with Gasteiger partial charge in [-0.3, -0.25) is 15.5 Å². The van der Waals surface area contributed by atoms with Crippen LogP contribution in [0.3, 0.4) is 0 Å². The summed E-state index contributed by atoms with van der Waals surface area (Å²) < 4.78 is 2.01. The van der Waals surface area contributed by atoms with E-state index in [1.807, 2.05) is 65.0 Å². The van der Waals surface area contributed by atoms with Crippen LogP contribution < -0.4 is 27.3 Å². The van der Waals surface area contributed by atoms with E-state index in [0.717, 1.165) is 28.2 Å². The summed E-state index contributed by atoms with van der Waals surface area (Å²) in [6.45, 7) is 0.454. The van der Waals surface area contributed by atoms with Gasteiger partial charge >= 0.3 is 0 Å². The summed E-state index contributed by atoms with van der Waals surface area (Å²) in [6, 6.07) is 20.4. The highest BCUT2D eigenvalue weighted by Crippen LogP contribution is 2.33. The number of hydrogen-bond donors (Lipinski definition) is 4. The Morgan fingerprint density at radius 3 is 2.38 bits per heavy atom. The number of imidazole rings is 1. The van der Waals surface area contributed by atoms with Crippen molar-refractivity contribution in [3.8, 4) is 0 Å². The van der Waals surface area contributed by atoms with Gasteiger partial charge in [-0.2, -0.15) is 0 Å². The second-order valence-electron chi connectivity index (χ2n) is 7.45. The van der Waals surface area contributed by atoms with Gasteiger partial charge in [-0.25, -0.2) is 10.8 Å². The molecule has 0 bridgehead atoms. The molecule has 0 aliphatic heterocycles. The minimum atomic E-state index is -0.400. The number of anilines is 2. The molecule has 0 unspecified atom stereocenters. The van der Waals surface area contributed by atoms with Crippen molar-refractivity contribution in [2.45, 2.75) is 6.54 Å². The highest BCUT2D eigenvalue weighted by Gasteiger charge is 2.19. The number of hydrazone groups is 1. The Bertz CT molecular complexity index is 1350. The van der Waals surface area contributed by atoms with Crippen molar-refractivity contribution in [3.05, 3.63) is 87.9 Å². The number of aromatic nitrogens is 2. The number of nitrogens with two attached hydrogens (primary N) is 2. The molecule has 34 heavy (non-hydrogen) atoms. The molecule has 4 rings (SSSR count). The summed E-state index contributed by atoms with van der Waals surface area (Å²) in [6.07, 6.45) is 0. The van der Waals surface area contributed by atoms with E-state index in [0.29, 0.717) is 22.2 Å². The van der Waals surface area contributed by atoms with Crippen molar-refractivity contribution in [2.75, 3.05) is 4.90 Å². The van der Waals surface area contributed by atoms with Gasteiger partial charge < -0.3 is 15.3 Å². The molecule has 0 spiro atoms. The lowest BCUT2D eigenvalue weighted by Crippen LogP contribution is -2.45. The van der Waals surface area contributed by atoms with E-state index in [9.17, 15) is 4.79 Å². The summed E-state index contributed by atoms with van der Waals surface area (Å²) in [5, 5.41) is 6.86. The second kappa shape index (κ2) is 10.0. The number of rotatable bonds is 5. The minimum absolute atomic E-state index is 0.0417. The molecule has 0 radical (unpaired) electrons. The average Bonchev–Trinajstić information content (AvgIpc) is 3.16. The van der Waals surface area contributed by atoms with Gasteiger partial charge in [0, 0.05) is 28.3 Å². The zero-order chi connectivity index (χ0) is 24.2. The Hall–Kier alpha value is -3.79. The van der Waals surface area contributed by atoms with Crippen molar-refractivity contribution >= 4 is 57.7 Å². The Balaban J connectivity index is 1.69. The third kappa shape index (κ3) is 4.91. The van der Waals surface area contributed by atoms with E-state index >= 15 is 0 Å². The number of nitrogens with zero attached hydrogens (tertiary/aromatic N) is 4. The van der Waals surface area contributed by atoms with Gasteiger partial charge in [0.2, 0.25) is 11.9 Å². The van der Waals surface area contributed by atoms with Crippen LogP contribution in [-0.2, 0) is 13.6 Å². The topological polar surface area (TPSA) is 127 Å².